The van der Waals surface area contributed by atoms with E-state index in [0.717, 1.165) is 17.9 Å². The summed E-state index contributed by atoms with van der Waals surface area (Å²) in [7, 11) is -3.76. The number of fused-ring (bicyclic) bond motifs is 1. The Kier molecular flexibility index (Phi) is 3.84. The lowest BCUT2D eigenvalue weighted by atomic mass is 10.1. The summed E-state index contributed by atoms with van der Waals surface area (Å²) in [4.78, 5) is 8.10. The van der Waals surface area contributed by atoms with Crippen molar-refractivity contribution in [1.29, 1.82) is 0 Å². The molecule has 0 saturated carbocycles. The lowest BCUT2D eigenvalue weighted by molar-refractivity contribution is 0.421. The van der Waals surface area contributed by atoms with Gasteiger partial charge in [-0.15, -0.1) is 0 Å². The van der Waals surface area contributed by atoms with Crippen molar-refractivity contribution in [2.75, 3.05) is 5.73 Å². The Hall–Kier alpha value is -1.64. The molecule has 0 unspecified atom stereocenters. The molecule has 118 valence electrons. The molecular weight excluding hydrogens is 326 g/mol. The molecule has 0 bridgehead atoms. The van der Waals surface area contributed by atoms with Gasteiger partial charge in [0.25, 0.3) is 0 Å². The van der Waals surface area contributed by atoms with Gasteiger partial charge in [0.2, 0.25) is 10.0 Å². The van der Waals surface area contributed by atoms with Crippen LogP contribution in [0.5, 0.6) is 0 Å². The molecule has 1 atom stereocenters. The van der Waals surface area contributed by atoms with Gasteiger partial charge < -0.3 is 10.3 Å². The first-order valence-electron chi connectivity index (χ1n) is 6.81. The van der Waals surface area contributed by atoms with Crippen molar-refractivity contribution in [2.45, 2.75) is 37.2 Å². The van der Waals surface area contributed by atoms with Gasteiger partial charge in [-0.3, -0.25) is 0 Å². The molecule has 22 heavy (non-hydrogen) atoms. The summed E-state index contributed by atoms with van der Waals surface area (Å²) in [5, 5.41) is 0.228. The molecule has 7 nitrogen and oxygen atoms in total. The second-order valence-electron chi connectivity index (χ2n) is 5.34. The van der Waals surface area contributed by atoms with Gasteiger partial charge in [-0.05, 0) is 19.4 Å². The van der Waals surface area contributed by atoms with Crippen LogP contribution in [0.2, 0.25) is 5.02 Å². The quantitative estimate of drug-likeness (QED) is 0.870. The van der Waals surface area contributed by atoms with Gasteiger partial charge in [0, 0.05) is 31.4 Å². The minimum atomic E-state index is -3.76. The van der Waals surface area contributed by atoms with Crippen molar-refractivity contribution in [3.8, 4) is 0 Å². The number of aromatic nitrogens is 3. The molecule has 9 heteroatoms. The predicted molar refractivity (Wildman–Crippen MR) is 83.1 cm³/mol. The van der Waals surface area contributed by atoms with Crippen LogP contribution >= 0.6 is 11.6 Å². The molecule has 2 aromatic heterocycles. The largest absolute Gasteiger partial charge is 0.383 e. The number of nitrogen functional groups attached to an aromatic ring is 1. The van der Waals surface area contributed by atoms with E-state index in [0.29, 0.717) is 13.0 Å². The maximum Gasteiger partial charge on any atom is 0.244 e. The van der Waals surface area contributed by atoms with Gasteiger partial charge in [-0.25, -0.2) is 23.1 Å². The number of rotatable bonds is 3. The van der Waals surface area contributed by atoms with Gasteiger partial charge in [0.1, 0.15) is 16.5 Å². The Morgan fingerprint density at radius 2 is 2.27 bits per heavy atom. The molecule has 3 rings (SSSR count). The van der Waals surface area contributed by atoms with E-state index in [1.54, 1.807) is 0 Å². The van der Waals surface area contributed by atoms with Crippen molar-refractivity contribution in [1.82, 2.24) is 19.3 Å². The highest BCUT2D eigenvalue weighted by atomic mass is 35.5. The van der Waals surface area contributed by atoms with Crippen LogP contribution in [0.1, 0.15) is 17.9 Å². The van der Waals surface area contributed by atoms with Gasteiger partial charge in [-0.1, -0.05) is 11.6 Å². The second-order valence-corrected chi connectivity index (χ2v) is 7.46. The average molecular weight is 342 g/mol. The fourth-order valence-corrected chi connectivity index (χ4v) is 4.20. The molecule has 1 aliphatic heterocycles. The Morgan fingerprint density at radius 3 is 3.05 bits per heavy atom. The summed E-state index contributed by atoms with van der Waals surface area (Å²) in [6.07, 6.45) is 4.65. The highest BCUT2D eigenvalue weighted by Gasteiger charge is 2.26. The summed E-state index contributed by atoms with van der Waals surface area (Å²) in [5.41, 5.74) is 6.59. The number of nitrogens with zero attached hydrogens (tertiary/aromatic N) is 3. The first-order valence-corrected chi connectivity index (χ1v) is 8.67. The normalized spacial score (nSPS) is 18.2. The second kappa shape index (κ2) is 5.53. The van der Waals surface area contributed by atoms with E-state index in [4.69, 9.17) is 17.3 Å². The number of hydrogen-bond donors (Lipinski definition) is 2. The highest BCUT2D eigenvalue weighted by molar-refractivity contribution is 7.89. The molecule has 1 aliphatic rings. The van der Waals surface area contributed by atoms with Crippen LogP contribution in [0.25, 0.3) is 0 Å². The molecule has 0 amide bonds. The molecule has 0 radical (unpaired) electrons. The predicted octanol–water partition coefficient (Wildman–Crippen LogP) is 1.12. The molecule has 0 spiro atoms. The van der Waals surface area contributed by atoms with E-state index in [2.05, 4.69) is 14.7 Å². The van der Waals surface area contributed by atoms with Crippen LogP contribution in [0.3, 0.4) is 0 Å². The molecular formula is C13H16ClN5O2S. The van der Waals surface area contributed by atoms with Gasteiger partial charge in [-0.2, -0.15) is 0 Å². The van der Waals surface area contributed by atoms with E-state index in [1.165, 1.54) is 12.3 Å². The van der Waals surface area contributed by atoms with Crippen molar-refractivity contribution in [3.05, 3.63) is 35.0 Å². The minimum absolute atomic E-state index is 0.0631. The standard InChI is InChI=1S/C13H16ClN5O2S/c1-8-6-19-7-10(2-3-12(19)17-8)18-22(20,21)11-4-9(14)5-16-13(11)15/h4-6,10,18H,2-3,7H2,1H3,(H2,15,16)/t10-/m0/s1. The van der Waals surface area contributed by atoms with Gasteiger partial charge in [0.05, 0.1) is 10.7 Å². The van der Waals surface area contributed by atoms with Crippen LogP contribution in [0, 0.1) is 6.92 Å². The lowest BCUT2D eigenvalue weighted by Crippen LogP contribution is -2.41. The summed E-state index contributed by atoms with van der Waals surface area (Å²) in [5.74, 6) is 0.920. The number of aryl methyl sites for hydroxylation is 2. The minimum Gasteiger partial charge on any atom is -0.383 e. The van der Waals surface area contributed by atoms with Crippen molar-refractivity contribution < 1.29 is 8.42 Å². The van der Waals surface area contributed by atoms with E-state index in [1.807, 2.05) is 17.7 Å². The summed E-state index contributed by atoms with van der Waals surface area (Å²) in [6, 6.07) is 1.09. The third kappa shape index (κ3) is 2.94. The number of nitrogens with one attached hydrogen (secondary N) is 1. The zero-order valence-electron chi connectivity index (χ0n) is 12.0. The molecule has 0 aliphatic carbocycles. The van der Waals surface area contributed by atoms with Crippen molar-refractivity contribution in [3.63, 3.8) is 0 Å². The number of anilines is 1. The van der Waals surface area contributed by atoms with Crippen LogP contribution in [-0.2, 0) is 23.0 Å². The van der Waals surface area contributed by atoms with Crippen LogP contribution in [0.15, 0.2) is 23.4 Å². The Balaban J connectivity index is 1.82. The maximum atomic E-state index is 12.5. The fraction of sp³-hybridized carbons (Fsp3) is 0.385. The Bertz CT molecular complexity index is 818. The van der Waals surface area contributed by atoms with Crippen molar-refractivity contribution in [2.24, 2.45) is 0 Å². The molecule has 3 N–H and O–H groups in total. The molecule has 3 heterocycles. The van der Waals surface area contributed by atoms with Gasteiger partial charge in [0.15, 0.2) is 0 Å². The molecule has 0 fully saturated rings. The van der Waals surface area contributed by atoms with Crippen LogP contribution in [-0.4, -0.2) is 29.0 Å². The SMILES string of the molecule is Cc1cn2c(n1)CC[C@H](NS(=O)(=O)c1cc(Cl)cnc1N)C2. The first kappa shape index (κ1) is 15.3. The van der Waals surface area contributed by atoms with Gasteiger partial charge >= 0.3 is 0 Å². The lowest BCUT2D eigenvalue weighted by Gasteiger charge is -2.24. The van der Waals surface area contributed by atoms with E-state index in [9.17, 15) is 8.42 Å². The monoisotopic (exact) mass is 341 g/mol. The Morgan fingerprint density at radius 1 is 1.50 bits per heavy atom. The van der Waals surface area contributed by atoms with E-state index in [-0.39, 0.29) is 21.8 Å². The summed E-state index contributed by atoms with van der Waals surface area (Å²) < 4.78 is 29.6. The number of imidazole rings is 1. The number of nitrogens with two attached hydrogens (primary N) is 1. The molecule has 2 aromatic rings. The number of halogens is 1. The molecule has 0 aromatic carbocycles. The fourth-order valence-electron chi connectivity index (χ4n) is 2.61. The van der Waals surface area contributed by atoms with Crippen LogP contribution < -0.4 is 10.5 Å². The topological polar surface area (TPSA) is 103 Å². The number of pyridine rings is 1. The first-order chi connectivity index (χ1) is 10.3. The van der Waals surface area contributed by atoms with Crippen molar-refractivity contribution >= 4 is 27.4 Å². The summed E-state index contributed by atoms with van der Waals surface area (Å²) >= 11 is 5.81. The van der Waals surface area contributed by atoms with E-state index < -0.39 is 10.0 Å². The maximum absolute atomic E-state index is 12.5. The smallest absolute Gasteiger partial charge is 0.244 e. The van der Waals surface area contributed by atoms with Crippen LogP contribution in [0.4, 0.5) is 5.82 Å². The Labute approximate surface area is 133 Å². The zero-order chi connectivity index (χ0) is 15.9. The third-order valence-corrected chi connectivity index (χ3v) is 5.33. The summed E-state index contributed by atoms with van der Waals surface area (Å²) in [6.45, 7) is 2.46. The third-order valence-electron chi connectivity index (χ3n) is 3.57. The number of sulfonamides is 1. The number of hydrogen-bond acceptors (Lipinski definition) is 5. The van der Waals surface area contributed by atoms with E-state index >= 15 is 0 Å². The zero-order valence-corrected chi connectivity index (χ0v) is 13.5. The average Bonchev–Trinajstić information content (AvgIpc) is 2.80. The highest BCUT2D eigenvalue weighted by Crippen LogP contribution is 2.22. The molecule has 0 saturated heterocycles.